The van der Waals surface area contributed by atoms with Crippen LogP contribution in [0.15, 0.2) is 72.9 Å². The molecule has 2 aromatic carbocycles. The van der Waals surface area contributed by atoms with Crippen LogP contribution in [0.5, 0.6) is 5.75 Å². The minimum atomic E-state index is -0.200. The molecule has 0 aliphatic rings. The first-order valence-electron chi connectivity index (χ1n) is 7.73. The van der Waals surface area contributed by atoms with Gasteiger partial charge in [0.1, 0.15) is 11.4 Å². The van der Waals surface area contributed by atoms with Gasteiger partial charge in [-0.25, -0.2) is 4.98 Å². The van der Waals surface area contributed by atoms with Crippen LogP contribution in [0.1, 0.15) is 21.6 Å². The third-order valence-electron chi connectivity index (χ3n) is 3.45. The molecule has 1 amide bonds. The highest BCUT2D eigenvalue weighted by Crippen LogP contribution is 2.15. The summed E-state index contributed by atoms with van der Waals surface area (Å²) in [6.45, 7) is 0. The topological polar surface area (TPSA) is 51.2 Å². The van der Waals surface area contributed by atoms with Gasteiger partial charge in [-0.1, -0.05) is 24.1 Å². The van der Waals surface area contributed by atoms with Crippen LogP contribution < -0.4 is 10.1 Å². The number of benzene rings is 2. The van der Waals surface area contributed by atoms with E-state index < -0.39 is 0 Å². The smallest absolute Gasteiger partial charge is 0.255 e. The summed E-state index contributed by atoms with van der Waals surface area (Å²) in [5, 5.41) is 2.87. The highest BCUT2D eigenvalue weighted by molar-refractivity contribution is 6.04. The van der Waals surface area contributed by atoms with Crippen LogP contribution in [-0.4, -0.2) is 18.0 Å². The van der Waals surface area contributed by atoms with Crippen molar-refractivity contribution in [1.82, 2.24) is 4.98 Å². The van der Waals surface area contributed by atoms with Gasteiger partial charge >= 0.3 is 0 Å². The lowest BCUT2D eigenvalue weighted by molar-refractivity contribution is 0.102. The van der Waals surface area contributed by atoms with E-state index in [-0.39, 0.29) is 5.91 Å². The first-order valence-corrected chi connectivity index (χ1v) is 7.73. The monoisotopic (exact) mass is 328 g/mol. The lowest BCUT2D eigenvalue weighted by atomic mass is 10.1. The summed E-state index contributed by atoms with van der Waals surface area (Å²) in [5.41, 5.74) is 2.72. The molecular weight excluding hydrogens is 312 g/mol. The van der Waals surface area contributed by atoms with Crippen molar-refractivity contribution in [3.8, 4) is 17.6 Å². The fourth-order valence-electron chi connectivity index (χ4n) is 2.22. The van der Waals surface area contributed by atoms with Gasteiger partial charge in [0.15, 0.2) is 0 Å². The number of nitrogens with one attached hydrogen (secondary N) is 1. The van der Waals surface area contributed by atoms with Crippen LogP contribution >= 0.6 is 0 Å². The molecule has 1 N–H and O–H groups in total. The van der Waals surface area contributed by atoms with E-state index in [0.717, 1.165) is 5.56 Å². The van der Waals surface area contributed by atoms with Gasteiger partial charge in [-0.2, -0.15) is 0 Å². The Bertz CT molecular complexity index is 941. The number of rotatable bonds is 3. The Morgan fingerprint density at radius 1 is 1.00 bits per heavy atom. The molecule has 4 nitrogen and oxygen atoms in total. The lowest BCUT2D eigenvalue weighted by Gasteiger charge is -2.07. The van der Waals surface area contributed by atoms with Gasteiger partial charge in [-0.15, -0.1) is 0 Å². The van der Waals surface area contributed by atoms with Crippen LogP contribution in [0.4, 0.5) is 5.69 Å². The van der Waals surface area contributed by atoms with Gasteiger partial charge in [0.2, 0.25) is 0 Å². The Balaban J connectivity index is 1.75. The highest BCUT2D eigenvalue weighted by Gasteiger charge is 2.07. The molecule has 0 aliphatic carbocycles. The average Bonchev–Trinajstić information content (AvgIpc) is 2.67. The summed E-state index contributed by atoms with van der Waals surface area (Å²) >= 11 is 0. The van der Waals surface area contributed by atoms with E-state index in [0.29, 0.717) is 22.7 Å². The van der Waals surface area contributed by atoms with Gasteiger partial charge in [-0.3, -0.25) is 4.79 Å². The van der Waals surface area contributed by atoms with Gasteiger partial charge in [0, 0.05) is 23.0 Å². The number of anilines is 1. The van der Waals surface area contributed by atoms with Crippen molar-refractivity contribution in [2.45, 2.75) is 0 Å². The van der Waals surface area contributed by atoms with E-state index in [1.807, 2.05) is 42.5 Å². The minimum absolute atomic E-state index is 0.200. The van der Waals surface area contributed by atoms with E-state index in [9.17, 15) is 4.79 Å². The average molecular weight is 328 g/mol. The normalized spacial score (nSPS) is 9.64. The summed E-state index contributed by atoms with van der Waals surface area (Å²) in [5.74, 6) is 6.49. The van der Waals surface area contributed by atoms with E-state index in [1.54, 1.807) is 37.6 Å². The number of nitrogens with zero attached hydrogens (tertiary/aromatic N) is 1. The Hall–Kier alpha value is -3.58. The zero-order valence-corrected chi connectivity index (χ0v) is 13.7. The van der Waals surface area contributed by atoms with Crippen LogP contribution in [0.25, 0.3) is 0 Å². The molecular formula is C21H16N2O2. The van der Waals surface area contributed by atoms with Gasteiger partial charge < -0.3 is 10.1 Å². The van der Waals surface area contributed by atoms with Crippen molar-refractivity contribution in [3.63, 3.8) is 0 Å². The van der Waals surface area contributed by atoms with E-state index >= 15 is 0 Å². The summed E-state index contributed by atoms with van der Waals surface area (Å²) in [7, 11) is 1.57. The van der Waals surface area contributed by atoms with Gasteiger partial charge in [0.05, 0.1) is 7.11 Å². The zero-order chi connectivity index (χ0) is 17.5. The molecule has 3 aromatic rings. The molecule has 0 radical (unpaired) electrons. The van der Waals surface area contributed by atoms with Crippen molar-refractivity contribution in [3.05, 3.63) is 89.7 Å². The van der Waals surface area contributed by atoms with E-state index in [1.165, 1.54) is 0 Å². The summed E-state index contributed by atoms with van der Waals surface area (Å²) in [4.78, 5) is 16.5. The molecule has 0 unspecified atom stereocenters. The second kappa shape index (κ2) is 7.80. The SMILES string of the molecule is COc1cccc(C(=O)Nc2cccc(C#Cc3ccccn3)c2)c1. The van der Waals surface area contributed by atoms with Gasteiger partial charge in [-0.05, 0) is 54.5 Å². The molecule has 1 aromatic heterocycles. The molecule has 4 heteroatoms. The predicted octanol–water partition coefficient (Wildman–Crippen LogP) is 3.74. The molecule has 0 atom stereocenters. The maximum Gasteiger partial charge on any atom is 0.255 e. The lowest BCUT2D eigenvalue weighted by Crippen LogP contribution is -2.11. The quantitative estimate of drug-likeness (QED) is 0.745. The van der Waals surface area contributed by atoms with Crippen molar-refractivity contribution < 1.29 is 9.53 Å². The maximum absolute atomic E-state index is 12.4. The van der Waals surface area contributed by atoms with Crippen LogP contribution in [0, 0.1) is 11.8 Å². The number of carbonyl (C=O) groups excluding carboxylic acids is 1. The third-order valence-corrected chi connectivity index (χ3v) is 3.45. The van der Waals surface area contributed by atoms with Crippen LogP contribution in [0.3, 0.4) is 0 Å². The standard InChI is InChI=1S/C21H16N2O2/c1-25-20-10-5-7-17(15-20)21(24)23-19-9-4-6-16(14-19)11-12-18-8-2-3-13-22-18/h2-10,13-15H,1H3,(H,23,24). The van der Waals surface area contributed by atoms with E-state index in [4.69, 9.17) is 4.74 Å². The number of hydrogen-bond donors (Lipinski definition) is 1. The summed E-state index contributed by atoms with van der Waals surface area (Å²) in [6.07, 6.45) is 1.70. The van der Waals surface area contributed by atoms with Crippen molar-refractivity contribution >= 4 is 11.6 Å². The number of methoxy groups -OCH3 is 1. The minimum Gasteiger partial charge on any atom is -0.497 e. The predicted molar refractivity (Wildman–Crippen MR) is 97.6 cm³/mol. The number of amides is 1. The molecule has 25 heavy (non-hydrogen) atoms. The Morgan fingerprint density at radius 3 is 2.68 bits per heavy atom. The molecule has 0 saturated heterocycles. The Morgan fingerprint density at radius 2 is 1.88 bits per heavy atom. The maximum atomic E-state index is 12.4. The first-order chi connectivity index (χ1) is 12.2. The highest BCUT2D eigenvalue weighted by atomic mass is 16.5. The number of carbonyl (C=O) groups is 1. The number of aromatic nitrogens is 1. The van der Waals surface area contributed by atoms with Crippen molar-refractivity contribution in [2.75, 3.05) is 12.4 Å². The first kappa shape index (κ1) is 16.3. The Labute approximate surface area is 146 Å². The largest absolute Gasteiger partial charge is 0.497 e. The molecule has 3 rings (SSSR count). The second-order valence-electron chi connectivity index (χ2n) is 5.23. The fraction of sp³-hybridized carbons (Fsp3) is 0.0476. The van der Waals surface area contributed by atoms with E-state index in [2.05, 4.69) is 22.1 Å². The van der Waals surface area contributed by atoms with Crippen molar-refractivity contribution in [1.29, 1.82) is 0 Å². The summed E-state index contributed by atoms with van der Waals surface area (Å²) in [6, 6.07) is 20.0. The van der Waals surface area contributed by atoms with Crippen LogP contribution in [0.2, 0.25) is 0 Å². The fourth-order valence-corrected chi connectivity index (χ4v) is 2.22. The molecule has 0 spiro atoms. The molecule has 0 saturated carbocycles. The summed E-state index contributed by atoms with van der Waals surface area (Å²) < 4.78 is 5.14. The zero-order valence-electron chi connectivity index (χ0n) is 13.7. The molecule has 0 bridgehead atoms. The Kier molecular flexibility index (Phi) is 5.08. The molecule has 0 aliphatic heterocycles. The van der Waals surface area contributed by atoms with Crippen LogP contribution in [-0.2, 0) is 0 Å². The third kappa shape index (κ3) is 4.46. The number of hydrogen-bond acceptors (Lipinski definition) is 3. The van der Waals surface area contributed by atoms with Gasteiger partial charge in [0.25, 0.3) is 5.91 Å². The molecule has 122 valence electrons. The second-order valence-corrected chi connectivity index (χ2v) is 5.23. The molecule has 1 heterocycles. The molecule has 0 fully saturated rings. The number of pyridine rings is 1. The number of ether oxygens (including phenoxy) is 1. The van der Waals surface area contributed by atoms with Crippen molar-refractivity contribution in [2.24, 2.45) is 0 Å².